The molecule has 0 aromatic heterocycles. The average Bonchev–Trinajstić information content (AvgIpc) is 2.69. The van der Waals surface area contributed by atoms with Gasteiger partial charge >= 0.3 is 0 Å². The van der Waals surface area contributed by atoms with Crippen molar-refractivity contribution in [1.29, 1.82) is 0 Å². The Morgan fingerprint density at radius 1 is 1.20 bits per heavy atom. The highest BCUT2D eigenvalue weighted by molar-refractivity contribution is 5.22. The maximum atomic E-state index is 6.10. The van der Waals surface area contributed by atoms with Crippen molar-refractivity contribution < 1.29 is 0 Å². The van der Waals surface area contributed by atoms with Gasteiger partial charge in [0.15, 0.2) is 0 Å². The van der Waals surface area contributed by atoms with E-state index in [1.54, 1.807) is 0 Å². The first-order chi connectivity index (χ1) is 9.70. The number of aryl methyl sites for hydroxylation is 1. The molecule has 112 valence electrons. The summed E-state index contributed by atoms with van der Waals surface area (Å²) in [5.41, 5.74) is 8.84. The molecule has 0 bridgehead atoms. The van der Waals surface area contributed by atoms with Crippen LogP contribution in [0.2, 0.25) is 0 Å². The van der Waals surface area contributed by atoms with Crippen LogP contribution < -0.4 is 5.73 Å². The van der Waals surface area contributed by atoms with Gasteiger partial charge in [-0.2, -0.15) is 0 Å². The molecule has 0 spiro atoms. The fourth-order valence-corrected chi connectivity index (χ4v) is 3.64. The van der Waals surface area contributed by atoms with E-state index in [4.69, 9.17) is 5.73 Å². The van der Waals surface area contributed by atoms with Crippen molar-refractivity contribution in [2.24, 2.45) is 11.7 Å². The van der Waals surface area contributed by atoms with Crippen molar-refractivity contribution >= 4 is 0 Å². The van der Waals surface area contributed by atoms with E-state index < -0.39 is 0 Å². The highest BCUT2D eigenvalue weighted by Crippen LogP contribution is 2.28. The molecule has 0 saturated heterocycles. The first-order valence-electron chi connectivity index (χ1n) is 8.16. The molecule has 1 aliphatic rings. The summed E-state index contributed by atoms with van der Waals surface area (Å²) in [7, 11) is 2.24. The monoisotopic (exact) mass is 274 g/mol. The Bertz CT molecular complexity index is 394. The minimum Gasteiger partial charge on any atom is -0.329 e. The molecule has 2 N–H and O–H groups in total. The summed E-state index contributed by atoms with van der Waals surface area (Å²) in [5.74, 6) is 0.789. The predicted molar refractivity (Wildman–Crippen MR) is 86.7 cm³/mol. The molecule has 2 nitrogen and oxygen atoms in total. The van der Waals surface area contributed by atoms with E-state index in [-0.39, 0.29) is 0 Å². The van der Waals surface area contributed by atoms with Crippen molar-refractivity contribution in [3.8, 4) is 0 Å². The Balaban J connectivity index is 1.98. The lowest BCUT2D eigenvalue weighted by molar-refractivity contribution is 0.160. The van der Waals surface area contributed by atoms with Gasteiger partial charge in [-0.25, -0.2) is 0 Å². The maximum absolute atomic E-state index is 6.10. The summed E-state index contributed by atoms with van der Waals surface area (Å²) in [6.45, 7) is 3.96. The van der Waals surface area contributed by atoms with E-state index in [0.717, 1.165) is 19.0 Å². The van der Waals surface area contributed by atoms with Crippen LogP contribution in [0.1, 0.15) is 49.7 Å². The molecule has 1 aliphatic carbocycles. The minimum absolute atomic E-state index is 0.536. The van der Waals surface area contributed by atoms with Crippen LogP contribution >= 0.6 is 0 Å². The molecule has 1 atom stereocenters. The standard InChI is InChI=1S/C18H30N2/c1-15-8-7-9-16(12-15)14-20(2)18(13-19)17-10-5-3-4-6-11-17/h7-9,12,17-18H,3-6,10-11,13-14,19H2,1-2H3. The fraction of sp³-hybridized carbons (Fsp3) is 0.667. The predicted octanol–water partition coefficient (Wildman–Crippen LogP) is 3.72. The Hall–Kier alpha value is -0.860. The highest BCUT2D eigenvalue weighted by Gasteiger charge is 2.24. The Morgan fingerprint density at radius 3 is 2.50 bits per heavy atom. The summed E-state index contributed by atoms with van der Waals surface area (Å²) < 4.78 is 0. The van der Waals surface area contributed by atoms with E-state index in [2.05, 4.69) is 43.1 Å². The molecule has 1 aromatic carbocycles. The summed E-state index contributed by atoms with van der Waals surface area (Å²) in [5, 5.41) is 0. The number of nitrogens with zero attached hydrogens (tertiary/aromatic N) is 1. The molecule has 0 radical (unpaired) electrons. The molecule has 0 aliphatic heterocycles. The quantitative estimate of drug-likeness (QED) is 0.829. The van der Waals surface area contributed by atoms with Crippen LogP contribution in [-0.4, -0.2) is 24.5 Å². The van der Waals surface area contributed by atoms with Crippen molar-refractivity contribution in [2.45, 2.75) is 58.0 Å². The Morgan fingerprint density at radius 2 is 1.90 bits per heavy atom. The van der Waals surface area contributed by atoms with Crippen LogP contribution in [0.25, 0.3) is 0 Å². The van der Waals surface area contributed by atoms with Gasteiger partial charge < -0.3 is 5.73 Å². The van der Waals surface area contributed by atoms with Gasteiger partial charge in [-0.1, -0.05) is 55.5 Å². The van der Waals surface area contributed by atoms with E-state index >= 15 is 0 Å². The minimum atomic E-state index is 0.536. The topological polar surface area (TPSA) is 29.3 Å². The average molecular weight is 274 g/mol. The van der Waals surface area contributed by atoms with Crippen molar-refractivity contribution in [2.75, 3.05) is 13.6 Å². The molecule has 2 rings (SSSR count). The lowest BCUT2D eigenvalue weighted by atomic mass is 9.90. The van der Waals surface area contributed by atoms with Gasteiger partial charge in [-0.3, -0.25) is 4.90 Å². The van der Waals surface area contributed by atoms with Crippen LogP contribution in [0.15, 0.2) is 24.3 Å². The summed E-state index contributed by atoms with van der Waals surface area (Å²) in [4.78, 5) is 2.48. The number of rotatable bonds is 5. The van der Waals surface area contributed by atoms with E-state index in [9.17, 15) is 0 Å². The molecule has 1 saturated carbocycles. The van der Waals surface area contributed by atoms with E-state index in [1.165, 1.54) is 49.7 Å². The van der Waals surface area contributed by atoms with Crippen molar-refractivity contribution in [3.05, 3.63) is 35.4 Å². The Labute approximate surface area is 124 Å². The summed E-state index contributed by atoms with van der Waals surface area (Å²) in [6.07, 6.45) is 8.32. The lowest BCUT2D eigenvalue weighted by Crippen LogP contribution is -2.43. The third-order valence-corrected chi connectivity index (χ3v) is 4.77. The van der Waals surface area contributed by atoms with Crippen molar-refractivity contribution in [1.82, 2.24) is 4.90 Å². The van der Waals surface area contributed by atoms with Crippen molar-refractivity contribution in [3.63, 3.8) is 0 Å². The zero-order valence-electron chi connectivity index (χ0n) is 13.1. The van der Waals surface area contributed by atoms with Gasteiger partial charge in [0, 0.05) is 19.1 Å². The molecule has 1 unspecified atom stereocenters. The van der Waals surface area contributed by atoms with Crippen LogP contribution in [0, 0.1) is 12.8 Å². The van der Waals surface area contributed by atoms with Gasteiger partial charge in [0.05, 0.1) is 0 Å². The molecule has 0 amide bonds. The molecule has 1 fully saturated rings. The van der Waals surface area contributed by atoms with Crippen LogP contribution in [0.3, 0.4) is 0 Å². The van der Waals surface area contributed by atoms with Crippen LogP contribution in [0.5, 0.6) is 0 Å². The second-order valence-electron chi connectivity index (χ2n) is 6.46. The molecule has 2 heteroatoms. The second-order valence-corrected chi connectivity index (χ2v) is 6.46. The van der Waals surface area contributed by atoms with Gasteiger partial charge in [-0.05, 0) is 38.3 Å². The van der Waals surface area contributed by atoms with E-state index in [0.29, 0.717) is 6.04 Å². The third kappa shape index (κ3) is 4.32. The zero-order chi connectivity index (χ0) is 14.4. The first kappa shape index (κ1) is 15.5. The first-order valence-corrected chi connectivity index (χ1v) is 8.16. The SMILES string of the molecule is Cc1cccc(CN(C)C(CN)C2CCCCCC2)c1. The third-order valence-electron chi connectivity index (χ3n) is 4.77. The molecule has 1 aromatic rings. The smallest absolute Gasteiger partial charge is 0.0247 e. The molecule has 0 heterocycles. The normalized spacial score (nSPS) is 19.0. The highest BCUT2D eigenvalue weighted by atomic mass is 15.1. The molecular formula is C18H30N2. The van der Waals surface area contributed by atoms with E-state index in [1.807, 2.05) is 0 Å². The van der Waals surface area contributed by atoms with Crippen LogP contribution in [0.4, 0.5) is 0 Å². The maximum Gasteiger partial charge on any atom is 0.0247 e. The zero-order valence-corrected chi connectivity index (χ0v) is 13.1. The molecular weight excluding hydrogens is 244 g/mol. The van der Waals surface area contributed by atoms with Crippen LogP contribution in [-0.2, 0) is 6.54 Å². The van der Waals surface area contributed by atoms with Gasteiger partial charge in [0.2, 0.25) is 0 Å². The molecule has 20 heavy (non-hydrogen) atoms. The number of nitrogens with two attached hydrogens (primary N) is 1. The number of likely N-dealkylation sites (N-methyl/N-ethyl adjacent to an activating group) is 1. The fourth-order valence-electron chi connectivity index (χ4n) is 3.64. The number of hydrogen-bond acceptors (Lipinski definition) is 2. The largest absolute Gasteiger partial charge is 0.329 e. The number of hydrogen-bond donors (Lipinski definition) is 1. The summed E-state index contributed by atoms with van der Waals surface area (Å²) in [6, 6.07) is 9.37. The lowest BCUT2D eigenvalue weighted by Gasteiger charge is -2.33. The van der Waals surface area contributed by atoms with Gasteiger partial charge in [0.1, 0.15) is 0 Å². The van der Waals surface area contributed by atoms with Gasteiger partial charge in [-0.15, -0.1) is 0 Å². The Kier molecular flexibility index (Phi) is 6.06. The second kappa shape index (κ2) is 7.80. The van der Waals surface area contributed by atoms with Gasteiger partial charge in [0.25, 0.3) is 0 Å². The number of benzene rings is 1. The summed E-state index contributed by atoms with van der Waals surface area (Å²) >= 11 is 0.